The molecule has 0 aromatic rings. The van der Waals surface area contributed by atoms with Crippen molar-refractivity contribution in [2.45, 2.75) is 27.7 Å². The van der Waals surface area contributed by atoms with E-state index in [1.807, 2.05) is 0 Å². The first kappa shape index (κ1) is 10.2. The van der Waals surface area contributed by atoms with Gasteiger partial charge in [-0.3, -0.25) is 6.08 Å². The molecule has 1 unspecified atom stereocenters. The standard InChI is InChI=1S/C9H13.Pt/c1-6-5-7(2)9(4)8(6)3;/h6H,1-4H3;/q-1;. The van der Waals surface area contributed by atoms with E-state index in [1.165, 1.54) is 16.7 Å². The third-order valence-corrected chi connectivity index (χ3v) is 2.24. The van der Waals surface area contributed by atoms with Gasteiger partial charge >= 0.3 is 0 Å². The van der Waals surface area contributed by atoms with E-state index in [0.29, 0.717) is 5.92 Å². The van der Waals surface area contributed by atoms with Gasteiger partial charge in [0.2, 0.25) is 0 Å². The van der Waals surface area contributed by atoms with E-state index >= 15 is 0 Å². The van der Waals surface area contributed by atoms with Crippen molar-refractivity contribution in [3.8, 4) is 0 Å². The largest absolute Gasteiger partial charge is 0.266 e. The van der Waals surface area contributed by atoms with Gasteiger partial charge in [0.1, 0.15) is 0 Å². The summed E-state index contributed by atoms with van der Waals surface area (Å²) in [6, 6.07) is 0. The molecule has 0 aliphatic heterocycles. The van der Waals surface area contributed by atoms with Gasteiger partial charge in [0, 0.05) is 21.1 Å². The molecule has 0 saturated carbocycles. The van der Waals surface area contributed by atoms with Gasteiger partial charge in [-0.25, -0.2) is 5.57 Å². The van der Waals surface area contributed by atoms with Crippen molar-refractivity contribution in [1.82, 2.24) is 0 Å². The van der Waals surface area contributed by atoms with Gasteiger partial charge in [0.25, 0.3) is 0 Å². The van der Waals surface area contributed by atoms with Crippen LogP contribution in [0.25, 0.3) is 0 Å². The van der Waals surface area contributed by atoms with E-state index in [1.54, 1.807) is 0 Å². The van der Waals surface area contributed by atoms with Crippen molar-refractivity contribution in [1.29, 1.82) is 0 Å². The third kappa shape index (κ3) is 1.61. The molecule has 0 spiro atoms. The van der Waals surface area contributed by atoms with Crippen molar-refractivity contribution in [2.75, 3.05) is 0 Å². The minimum Gasteiger partial charge on any atom is -0.266 e. The average molecular weight is 316 g/mol. The molecule has 1 atom stereocenters. The first-order valence-electron chi connectivity index (χ1n) is 3.40. The fourth-order valence-corrected chi connectivity index (χ4v) is 1.16. The van der Waals surface area contributed by atoms with E-state index in [-0.39, 0.29) is 21.1 Å². The van der Waals surface area contributed by atoms with Gasteiger partial charge in [0.05, 0.1) is 0 Å². The molecule has 1 rings (SSSR count). The maximum absolute atomic E-state index is 3.36. The van der Waals surface area contributed by atoms with Gasteiger partial charge in [-0.2, -0.15) is 11.1 Å². The van der Waals surface area contributed by atoms with Crippen molar-refractivity contribution < 1.29 is 21.1 Å². The smallest absolute Gasteiger partial charge is 0 e. The molecule has 1 aliphatic carbocycles. The molecule has 1 aliphatic rings. The summed E-state index contributed by atoms with van der Waals surface area (Å²) < 4.78 is 0. The Labute approximate surface area is 77.7 Å². The van der Waals surface area contributed by atoms with E-state index in [2.05, 4.69) is 33.8 Å². The molecule has 0 fully saturated rings. The first-order chi connectivity index (χ1) is 4.13. The van der Waals surface area contributed by atoms with Crippen LogP contribution in [0.3, 0.4) is 0 Å². The van der Waals surface area contributed by atoms with Crippen LogP contribution < -0.4 is 0 Å². The van der Waals surface area contributed by atoms with Crippen molar-refractivity contribution in [3.63, 3.8) is 0 Å². The summed E-state index contributed by atoms with van der Waals surface area (Å²) in [5.74, 6) is 0.560. The summed E-state index contributed by atoms with van der Waals surface area (Å²) in [6.07, 6.45) is 3.36. The van der Waals surface area contributed by atoms with Crippen LogP contribution in [-0.4, -0.2) is 0 Å². The van der Waals surface area contributed by atoms with E-state index in [9.17, 15) is 0 Å². The van der Waals surface area contributed by atoms with E-state index < -0.39 is 0 Å². The molecular formula is C9H13Pt-. The van der Waals surface area contributed by atoms with Crippen LogP contribution in [0.5, 0.6) is 0 Å². The summed E-state index contributed by atoms with van der Waals surface area (Å²) in [7, 11) is 0. The number of hydrogen-bond donors (Lipinski definition) is 0. The molecule has 0 aromatic carbocycles. The Morgan fingerprint density at radius 3 is 1.80 bits per heavy atom. The second-order valence-electron chi connectivity index (χ2n) is 2.80. The second-order valence-corrected chi connectivity index (χ2v) is 2.80. The molecule has 60 valence electrons. The van der Waals surface area contributed by atoms with Crippen molar-refractivity contribution in [3.05, 3.63) is 22.8 Å². The zero-order chi connectivity index (χ0) is 7.02. The Morgan fingerprint density at radius 1 is 1.20 bits per heavy atom. The predicted octanol–water partition coefficient (Wildman–Crippen LogP) is 2.72. The summed E-state index contributed by atoms with van der Waals surface area (Å²) in [5, 5.41) is 0. The predicted molar refractivity (Wildman–Crippen MR) is 40.0 cm³/mol. The molecule has 1 heteroatoms. The minimum absolute atomic E-state index is 0. The summed E-state index contributed by atoms with van der Waals surface area (Å²) in [6.45, 7) is 8.67. The van der Waals surface area contributed by atoms with Gasteiger partial charge in [0.15, 0.2) is 0 Å². The van der Waals surface area contributed by atoms with Crippen LogP contribution in [0.1, 0.15) is 27.7 Å². The summed E-state index contributed by atoms with van der Waals surface area (Å²) in [4.78, 5) is 0. The molecule has 0 nitrogen and oxygen atoms in total. The van der Waals surface area contributed by atoms with Crippen LogP contribution in [-0.2, 0) is 21.1 Å². The fraction of sp³-hybridized carbons (Fsp3) is 0.556. The zero-order valence-corrected chi connectivity index (χ0v) is 9.17. The van der Waals surface area contributed by atoms with Gasteiger partial charge in [-0.1, -0.05) is 26.7 Å². The fourth-order valence-electron chi connectivity index (χ4n) is 1.16. The van der Waals surface area contributed by atoms with Gasteiger partial charge in [-0.05, 0) is 0 Å². The number of allylic oxidation sites excluding steroid dienone is 4. The molecule has 0 saturated heterocycles. The molecule has 0 N–H and O–H groups in total. The van der Waals surface area contributed by atoms with Crippen molar-refractivity contribution in [2.24, 2.45) is 5.92 Å². The second kappa shape index (κ2) is 3.53. The van der Waals surface area contributed by atoms with Crippen LogP contribution >= 0.6 is 0 Å². The molecule has 0 amide bonds. The van der Waals surface area contributed by atoms with Gasteiger partial charge in [-0.15, -0.1) is 6.92 Å². The topological polar surface area (TPSA) is 0 Å². The molecule has 0 heterocycles. The average Bonchev–Trinajstić information content (AvgIpc) is 1.98. The van der Waals surface area contributed by atoms with Gasteiger partial charge < -0.3 is 0 Å². The normalized spacial score (nSPS) is 24.4. The Morgan fingerprint density at radius 2 is 1.70 bits per heavy atom. The van der Waals surface area contributed by atoms with Crippen LogP contribution in [0.2, 0.25) is 0 Å². The van der Waals surface area contributed by atoms with E-state index in [0.717, 1.165) is 0 Å². The molecular weight excluding hydrogens is 303 g/mol. The molecule has 0 aromatic heterocycles. The Kier molecular flexibility index (Phi) is 3.59. The zero-order valence-electron chi connectivity index (χ0n) is 6.89. The SMILES string of the molecule is CC1=[C-]C(C)C(C)=C1C.[Pt]. The molecule has 10 heavy (non-hydrogen) atoms. The maximum Gasteiger partial charge on any atom is 0 e. The number of rotatable bonds is 0. The maximum atomic E-state index is 3.36. The van der Waals surface area contributed by atoms with Crippen molar-refractivity contribution >= 4 is 0 Å². The van der Waals surface area contributed by atoms with Crippen LogP contribution in [0.15, 0.2) is 16.7 Å². The van der Waals surface area contributed by atoms with E-state index in [4.69, 9.17) is 0 Å². The summed E-state index contributed by atoms with van der Waals surface area (Å²) in [5.41, 5.74) is 4.25. The minimum atomic E-state index is 0. The first-order valence-corrected chi connectivity index (χ1v) is 3.40. The van der Waals surface area contributed by atoms with Crippen LogP contribution in [0, 0.1) is 12.0 Å². The Balaban J connectivity index is 0.000000810. The Hall–Kier alpha value is 0.168. The Bertz CT molecular complexity index is 187. The third-order valence-electron chi connectivity index (χ3n) is 2.24. The molecule has 0 bridgehead atoms. The molecule has 0 radical (unpaired) electrons. The summed E-state index contributed by atoms with van der Waals surface area (Å²) >= 11 is 0. The quantitative estimate of drug-likeness (QED) is 0.603. The van der Waals surface area contributed by atoms with Crippen LogP contribution in [0.4, 0.5) is 0 Å². The number of hydrogen-bond acceptors (Lipinski definition) is 0. The monoisotopic (exact) mass is 316 g/mol.